The van der Waals surface area contributed by atoms with Gasteiger partial charge in [0.25, 0.3) is 15.9 Å². The van der Waals surface area contributed by atoms with E-state index in [2.05, 4.69) is 15.0 Å². The van der Waals surface area contributed by atoms with Crippen LogP contribution in [0.4, 0.5) is 10.8 Å². The van der Waals surface area contributed by atoms with E-state index in [-0.39, 0.29) is 26.2 Å². The molecular weight excluding hydrogens is 414 g/mol. The van der Waals surface area contributed by atoms with Gasteiger partial charge in [-0.25, -0.2) is 18.2 Å². The van der Waals surface area contributed by atoms with Gasteiger partial charge in [-0.1, -0.05) is 41.7 Å². The molecule has 0 saturated carbocycles. The number of nitrogens with one attached hydrogen (secondary N) is 2. The van der Waals surface area contributed by atoms with E-state index in [1.807, 2.05) is 0 Å². The van der Waals surface area contributed by atoms with Crippen molar-refractivity contribution < 1.29 is 22.7 Å². The first-order valence-corrected chi connectivity index (χ1v) is 10.7. The number of benzene rings is 2. The third-order valence-corrected chi connectivity index (χ3v) is 6.41. The van der Waals surface area contributed by atoms with Gasteiger partial charge in [-0.3, -0.25) is 9.52 Å². The second-order valence-corrected chi connectivity index (χ2v) is 8.52. The summed E-state index contributed by atoms with van der Waals surface area (Å²) in [6.07, 6.45) is 0. The van der Waals surface area contributed by atoms with Crippen LogP contribution in [-0.2, 0) is 14.8 Å². The summed E-state index contributed by atoms with van der Waals surface area (Å²) in [5, 5.41) is 2.71. The van der Waals surface area contributed by atoms with Crippen LogP contribution in [0.1, 0.15) is 25.7 Å². The highest BCUT2D eigenvalue weighted by atomic mass is 32.2. The molecule has 2 aromatic carbocycles. The molecule has 1 heterocycles. The number of anilines is 2. The number of methoxy groups -OCH3 is 1. The summed E-state index contributed by atoms with van der Waals surface area (Å²) in [7, 11) is -2.57. The number of amides is 1. The fourth-order valence-electron chi connectivity index (χ4n) is 2.48. The molecule has 8 nitrogen and oxygen atoms in total. The van der Waals surface area contributed by atoms with Crippen LogP contribution in [0.25, 0.3) is 0 Å². The molecule has 0 fully saturated rings. The second kappa shape index (κ2) is 8.41. The van der Waals surface area contributed by atoms with E-state index in [4.69, 9.17) is 4.74 Å². The van der Waals surface area contributed by atoms with Crippen molar-refractivity contribution in [3.8, 4) is 0 Å². The summed E-state index contributed by atoms with van der Waals surface area (Å²) in [6, 6.07) is 14.3. The molecule has 0 saturated heterocycles. The Kier molecular flexibility index (Phi) is 5.95. The zero-order chi connectivity index (χ0) is 21.0. The summed E-state index contributed by atoms with van der Waals surface area (Å²) in [6.45, 7) is 1.60. The predicted molar refractivity (Wildman–Crippen MR) is 110 cm³/mol. The molecule has 0 radical (unpaired) electrons. The molecule has 0 aliphatic carbocycles. The average molecular weight is 431 g/mol. The van der Waals surface area contributed by atoms with Gasteiger partial charge in [0.1, 0.15) is 4.88 Å². The van der Waals surface area contributed by atoms with Crippen LogP contribution in [-0.4, -0.2) is 32.4 Å². The summed E-state index contributed by atoms with van der Waals surface area (Å²) in [5.41, 5.74) is 0.841. The summed E-state index contributed by atoms with van der Waals surface area (Å²) >= 11 is 0.899. The highest BCUT2D eigenvalue weighted by Crippen LogP contribution is 2.26. The Labute approximate surface area is 171 Å². The standard InChI is InChI=1S/C19H17N3O5S2/c1-12-16(17(23)21-15-11-7-6-10-14(15)18(24)27-2)28-19(20-12)22-29(25,26)13-8-4-3-5-9-13/h3-11H,1-2H3,(H,20,22)(H,21,23). The van der Waals surface area contributed by atoms with Gasteiger partial charge in [0.15, 0.2) is 5.13 Å². The Bertz CT molecular complexity index is 1160. The van der Waals surface area contributed by atoms with Crippen LogP contribution in [0.5, 0.6) is 0 Å². The van der Waals surface area contributed by atoms with Crippen LogP contribution in [0, 0.1) is 6.92 Å². The molecule has 2 N–H and O–H groups in total. The second-order valence-electron chi connectivity index (χ2n) is 5.84. The van der Waals surface area contributed by atoms with Crippen LogP contribution in [0.15, 0.2) is 59.5 Å². The number of nitrogens with zero attached hydrogens (tertiary/aromatic N) is 1. The van der Waals surface area contributed by atoms with Gasteiger partial charge in [-0.15, -0.1) is 0 Å². The molecule has 0 aliphatic heterocycles. The summed E-state index contributed by atoms with van der Waals surface area (Å²) in [4.78, 5) is 29.0. The van der Waals surface area contributed by atoms with Gasteiger partial charge in [-0.05, 0) is 31.2 Å². The minimum absolute atomic E-state index is 0.0674. The number of rotatable bonds is 6. The number of hydrogen-bond donors (Lipinski definition) is 2. The minimum atomic E-state index is -3.82. The maximum absolute atomic E-state index is 12.7. The van der Waals surface area contributed by atoms with E-state index < -0.39 is 21.9 Å². The zero-order valence-corrected chi connectivity index (χ0v) is 17.1. The quantitative estimate of drug-likeness (QED) is 0.579. The van der Waals surface area contributed by atoms with E-state index >= 15 is 0 Å². The first-order chi connectivity index (χ1) is 13.8. The fourth-order valence-corrected chi connectivity index (χ4v) is 4.60. The van der Waals surface area contributed by atoms with Crippen LogP contribution in [0.2, 0.25) is 0 Å². The third-order valence-electron chi connectivity index (χ3n) is 3.86. The molecule has 10 heteroatoms. The van der Waals surface area contributed by atoms with Crippen molar-refractivity contribution in [1.82, 2.24) is 4.98 Å². The first kappa shape index (κ1) is 20.5. The molecule has 0 bridgehead atoms. The smallest absolute Gasteiger partial charge is 0.339 e. The number of hydrogen-bond acceptors (Lipinski definition) is 7. The van der Waals surface area contributed by atoms with Crippen molar-refractivity contribution in [2.45, 2.75) is 11.8 Å². The Balaban J connectivity index is 1.82. The molecule has 29 heavy (non-hydrogen) atoms. The van der Waals surface area contributed by atoms with Crippen molar-refractivity contribution >= 4 is 44.1 Å². The number of carbonyl (C=O) groups is 2. The van der Waals surface area contributed by atoms with Gasteiger partial charge in [-0.2, -0.15) is 0 Å². The van der Waals surface area contributed by atoms with Crippen molar-refractivity contribution in [2.24, 2.45) is 0 Å². The lowest BCUT2D eigenvalue weighted by molar-refractivity contribution is 0.0602. The first-order valence-electron chi connectivity index (χ1n) is 8.36. The lowest BCUT2D eigenvalue weighted by Crippen LogP contribution is -2.15. The molecule has 3 rings (SSSR count). The lowest BCUT2D eigenvalue weighted by Gasteiger charge is -2.08. The summed E-state index contributed by atoms with van der Waals surface area (Å²) < 4.78 is 32.0. The lowest BCUT2D eigenvalue weighted by atomic mass is 10.1. The molecule has 1 aromatic heterocycles. The van der Waals surface area contributed by atoms with E-state index in [0.29, 0.717) is 5.69 Å². The van der Waals surface area contributed by atoms with Gasteiger partial charge in [0.2, 0.25) is 0 Å². The number of aromatic nitrogens is 1. The number of sulfonamides is 1. The fraction of sp³-hybridized carbons (Fsp3) is 0.105. The van der Waals surface area contributed by atoms with Gasteiger partial charge in [0, 0.05) is 0 Å². The highest BCUT2D eigenvalue weighted by Gasteiger charge is 2.21. The van der Waals surface area contributed by atoms with Crippen molar-refractivity contribution in [3.63, 3.8) is 0 Å². The van der Waals surface area contributed by atoms with E-state index in [1.54, 1.807) is 43.3 Å². The maximum Gasteiger partial charge on any atom is 0.339 e. The predicted octanol–water partition coefficient (Wildman–Crippen LogP) is 3.29. The SMILES string of the molecule is COC(=O)c1ccccc1NC(=O)c1sc(NS(=O)(=O)c2ccccc2)nc1C. The average Bonchev–Trinajstić information content (AvgIpc) is 3.08. The number of aryl methyl sites for hydroxylation is 1. The van der Waals surface area contributed by atoms with Crippen molar-refractivity contribution in [3.05, 3.63) is 70.7 Å². The minimum Gasteiger partial charge on any atom is -0.465 e. The third kappa shape index (κ3) is 4.61. The molecule has 0 aliphatic rings. The Morgan fingerprint density at radius 2 is 1.69 bits per heavy atom. The molecular formula is C19H17N3O5S2. The van der Waals surface area contributed by atoms with Crippen LogP contribution >= 0.6 is 11.3 Å². The number of thiazole rings is 1. The molecule has 0 unspecified atom stereocenters. The van der Waals surface area contributed by atoms with E-state index in [0.717, 1.165) is 11.3 Å². The van der Waals surface area contributed by atoms with Crippen LogP contribution in [0.3, 0.4) is 0 Å². The van der Waals surface area contributed by atoms with Crippen molar-refractivity contribution in [1.29, 1.82) is 0 Å². The normalized spacial score (nSPS) is 11.0. The molecule has 0 spiro atoms. The zero-order valence-electron chi connectivity index (χ0n) is 15.5. The number of ether oxygens (including phenoxy) is 1. The monoisotopic (exact) mass is 431 g/mol. The van der Waals surface area contributed by atoms with E-state index in [9.17, 15) is 18.0 Å². The molecule has 150 valence electrons. The number of carbonyl (C=O) groups excluding carboxylic acids is 2. The Morgan fingerprint density at radius 3 is 2.38 bits per heavy atom. The van der Waals surface area contributed by atoms with Gasteiger partial charge >= 0.3 is 5.97 Å². The Morgan fingerprint density at radius 1 is 1.03 bits per heavy atom. The number of esters is 1. The maximum atomic E-state index is 12.7. The van der Waals surface area contributed by atoms with E-state index in [1.165, 1.54) is 25.3 Å². The molecule has 0 atom stereocenters. The Hall–Kier alpha value is -3.24. The van der Waals surface area contributed by atoms with Crippen molar-refractivity contribution in [2.75, 3.05) is 17.1 Å². The molecule has 3 aromatic rings. The van der Waals surface area contributed by atoms with Gasteiger partial charge in [0.05, 0.1) is 29.0 Å². The van der Waals surface area contributed by atoms with Gasteiger partial charge < -0.3 is 10.1 Å². The number of para-hydroxylation sites is 1. The topological polar surface area (TPSA) is 114 Å². The van der Waals surface area contributed by atoms with Crippen LogP contribution < -0.4 is 10.0 Å². The summed E-state index contributed by atoms with van der Waals surface area (Å²) in [5.74, 6) is -1.10. The molecule has 1 amide bonds. The highest BCUT2D eigenvalue weighted by molar-refractivity contribution is 7.93. The largest absolute Gasteiger partial charge is 0.465 e.